The third-order valence-electron chi connectivity index (χ3n) is 4.86. The van der Waals surface area contributed by atoms with Gasteiger partial charge in [0.25, 0.3) is 0 Å². The van der Waals surface area contributed by atoms with E-state index in [4.69, 9.17) is 5.73 Å². The third-order valence-corrected chi connectivity index (χ3v) is 4.86. The molecule has 0 heterocycles. The van der Waals surface area contributed by atoms with Gasteiger partial charge >= 0.3 is 0 Å². The Kier molecular flexibility index (Phi) is 3.91. The molecule has 1 atom stereocenters. The maximum absolute atomic E-state index is 5.83. The summed E-state index contributed by atoms with van der Waals surface area (Å²) in [5.74, 6) is 3.56. The average Bonchev–Trinajstić information content (AvgIpc) is 2.09. The van der Waals surface area contributed by atoms with Crippen LogP contribution in [0.5, 0.6) is 0 Å². The van der Waals surface area contributed by atoms with Gasteiger partial charge < -0.3 is 11.1 Å². The Labute approximate surface area is 100 Å². The largest absolute Gasteiger partial charge is 0.328 e. The van der Waals surface area contributed by atoms with Gasteiger partial charge in [0, 0.05) is 12.1 Å². The van der Waals surface area contributed by atoms with Crippen molar-refractivity contribution >= 4 is 0 Å². The normalized spacial score (nSPS) is 40.3. The molecule has 0 aromatic rings. The first-order valence-electron chi connectivity index (χ1n) is 7.05. The number of nitrogens with one attached hydrogen (secondary N) is 1. The zero-order chi connectivity index (χ0) is 11.7. The smallest absolute Gasteiger partial charge is 0.00726 e. The minimum absolute atomic E-state index is 0.501. The molecule has 16 heavy (non-hydrogen) atoms. The molecule has 0 bridgehead atoms. The number of nitrogens with two attached hydrogens (primary N) is 1. The van der Waals surface area contributed by atoms with Gasteiger partial charge in [0.1, 0.15) is 0 Å². The van der Waals surface area contributed by atoms with Crippen LogP contribution >= 0.6 is 0 Å². The molecule has 0 aliphatic heterocycles. The lowest BCUT2D eigenvalue weighted by Crippen LogP contribution is -2.47. The second-order valence-corrected chi connectivity index (χ2v) is 6.55. The Morgan fingerprint density at radius 2 is 1.69 bits per heavy atom. The van der Waals surface area contributed by atoms with Crippen LogP contribution in [-0.2, 0) is 0 Å². The van der Waals surface area contributed by atoms with Gasteiger partial charge in [-0.2, -0.15) is 0 Å². The number of hydrogen-bond acceptors (Lipinski definition) is 2. The maximum atomic E-state index is 5.83. The Bertz CT molecular complexity index is 215. The van der Waals surface area contributed by atoms with E-state index in [-0.39, 0.29) is 0 Å². The zero-order valence-electron chi connectivity index (χ0n) is 11.1. The quantitative estimate of drug-likeness (QED) is 0.752. The van der Waals surface area contributed by atoms with Crippen LogP contribution in [0.4, 0.5) is 0 Å². The summed E-state index contributed by atoms with van der Waals surface area (Å²) in [6, 6.07) is 1.31. The lowest BCUT2D eigenvalue weighted by atomic mass is 9.72. The molecule has 3 N–H and O–H groups in total. The minimum Gasteiger partial charge on any atom is -0.328 e. The van der Waals surface area contributed by atoms with E-state index in [2.05, 4.69) is 26.1 Å². The van der Waals surface area contributed by atoms with Crippen LogP contribution in [0.25, 0.3) is 0 Å². The highest BCUT2D eigenvalue weighted by Gasteiger charge is 2.33. The fourth-order valence-corrected chi connectivity index (χ4v) is 3.07. The highest BCUT2D eigenvalue weighted by atomic mass is 14.9. The summed E-state index contributed by atoms with van der Waals surface area (Å²) in [6.45, 7) is 8.27. The molecule has 2 nitrogen and oxygen atoms in total. The predicted molar refractivity (Wildman–Crippen MR) is 69.2 cm³/mol. The van der Waals surface area contributed by atoms with Crippen LogP contribution in [0.2, 0.25) is 0 Å². The zero-order valence-corrected chi connectivity index (χ0v) is 11.1. The molecule has 0 amide bonds. The molecule has 2 saturated carbocycles. The van der Waals surface area contributed by atoms with Crippen molar-refractivity contribution in [3.05, 3.63) is 0 Å². The molecular weight excluding hydrogens is 196 g/mol. The molecule has 0 aromatic carbocycles. The molecule has 1 unspecified atom stereocenters. The third kappa shape index (κ3) is 2.78. The van der Waals surface area contributed by atoms with Crippen LogP contribution in [-0.4, -0.2) is 18.6 Å². The first-order valence-corrected chi connectivity index (χ1v) is 7.05. The summed E-state index contributed by atoms with van der Waals surface area (Å²) in [7, 11) is 0. The minimum atomic E-state index is 0.501. The summed E-state index contributed by atoms with van der Waals surface area (Å²) < 4.78 is 0. The molecule has 2 heteroatoms. The number of rotatable bonds is 5. The van der Waals surface area contributed by atoms with E-state index in [1.807, 2.05) is 0 Å². The Morgan fingerprint density at radius 1 is 1.06 bits per heavy atom. The van der Waals surface area contributed by atoms with E-state index < -0.39 is 0 Å². The van der Waals surface area contributed by atoms with E-state index >= 15 is 0 Å². The standard InChI is InChI=1S/C14H28N2/c1-9(2)11-6-14(7-11)16-8-10(3)12-4-13(15)5-12/h9-14,16H,4-8,15H2,1-3H3. The lowest BCUT2D eigenvalue weighted by Gasteiger charge is -2.41. The van der Waals surface area contributed by atoms with Crippen LogP contribution in [0.3, 0.4) is 0 Å². The Morgan fingerprint density at radius 3 is 2.19 bits per heavy atom. The monoisotopic (exact) mass is 224 g/mol. The molecule has 0 aromatic heterocycles. The first-order chi connectivity index (χ1) is 7.56. The summed E-state index contributed by atoms with van der Waals surface area (Å²) in [6.07, 6.45) is 5.30. The van der Waals surface area contributed by atoms with Gasteiger partial charge in [0.15, 0.2) is 0 Å². The van der Waals surface area contributed by atoms with Gasteiger partial charge in [-0.15, -0.1) is 0 Å². The summed E-state index contributed by atoms with van der Waals surface area (Å²) in [5.41, 5.74) is 5.83. The second-order valence-electron chi connectivity index (χ2n) is 6.55. The van der Waals surface area contributed by atoms with Crippen molar-refractivity contribution < 1.29 is 0 Å². The van der Waals surface area contributed by atoms with E-state index in [0.717, 1.165) is 29.7 Å². The van der Waals surface area contributed by atoms with Crippen LogP contribution in [0, 0.1) is 23.7 Å². The van der Waals surface area contributed by atoms with Crippen molar-refractivity contribution in [2.45, 2.75) is 58.5 Å². The Balaban J connectivity index is 1.55. The molecule has 94 valence electrons. The summed E-state index contributed by atoms with van der Waals surface area (Å²) in [5, 5.41) is 3.73. The second kappa shape index (κ2) is 5.05. The van der Waals surface area contributed by atoms with Crippen LogP contribution < -0.4 is 11.1 Å². The molecule has 2 fully saturated rings. The maximum Gasteiger partial charge on any atom is 0.00726 e. The lowest BCUT2D eigenvalue weighted by molar-refractivity contribution is 0.140. The van der Waals surface area contributed by atoms with Crippen molar-refractivity contribution in [2.75, 3.05) is 6.54 Å². The van der Waals surface area contributed by atoms with Gasteiger partial charge in [-0.05, 0) is 55.9 Å². The Hall–Kier alpha value is -0.0800. The van der Waals surface area contributed by atoms with E-state index in [1.54, 1.807) is 0 Å². The van der Waals surface area contributed by atoms with Crippen molar-refractivity contribution in [1.82, 2.24) is 5.32 Å². The van der Waals surface area contributed by atoms with E-state index in [9.17, 15) is 0 Å². The van der Waals surface area contributed by atoms with Crippen LogP contribution in [0.15, 0.2) is 0 Å². The molecule has 0 radical (unpaired) electrons. The topological polar surface area (TPSA) is 38.0 Å². The van der Waals surface area contributed by atoms with Gasteiger partial charge in [0.2, 0.25) is 0 Å². The fourth-order valence-electron chi connectivity index (χ4n) is 3.07. The van der Waals surface area contributed by atoms with Gasteiger partial charge in [-0.3, -0.25) is 0 Å². The van der Waals surface area contributed by atoms with Crippen molar-refractivity contribution in [2.24, 2.45) is 29.4 Å². The fraction of sp³-hybridized carbons (Fsp3) is 1.00. The molecule has 2 aliphatic carbocycles. The summed E-state index contributed by atoms with van der Waals surface area (Å²) in [4.78, 5) is 0. The van der Waals surface area contributed by atoms with Gasteiger partial charge in [-0.1, -0.05) is 20.8 Å². The van der Waals surface area contributed by atoms with Crippen molar-refractivity contribution in [3.8, 4) is 0 Å². The van der Waals surface area contributed by atoms with E-state index in [1.165, 1.54) is 32.2 Å². The highest BCUT2D eigenvalue weighted by Crippen LogP contribution is 2.35. The average molecular weight is 224 g/mol. The van der Waals surface area contributed by atoms with Crippen molar-refractivity contribution in [1.29, 1.82) is 0 Å². The highest BCUT2D eigenvalue weighted by molar-refractivity contribution is 4.89. The molecular formula is C14H28N2. The number of hydrogen-bond donors (Lipinski definition) is 2. The van der Waals surface area contributed by atoms with Gasteiger partial charge in [-0.25, -0.2) is 0 Å². The predicted octanol–water partition coefficient (Wildman–Crippen LogP) is 2.38. The van der Waals surface area contributed by atoms with Crippen molar-refractivity contribution in [3.63, 3.8) is 0 Å². The van der Waals surface area contributed by atoms with E-state index in [0.29, 0.717) is 6.04 Å². The first kappa shape index (κ1) is 12.4. The SMILES string of the molecule is CC(C)C1CC(NCC(C)C2CC(N)C2)C1. The van der Waals surface area contributed by atoms with Gasteiger partial charge in [0.05, 0.1) is 0 Å². The molecule has 2 rings (SSSR count). The summed E-state index contributed by atoms with van der Waals surface area (Å²) >= 11 is 0. The molecule has 0 spiro atoms. The van der Waals surface area contributed by atoms with Crippen LogP contribution in [0.1, 0.15) is 46.5 Å². The molecule has 2 aliphatic rings. The molecule has 0 saturated heterocycles.